The van der Waals surface area contributed by atoms with E-state index in [0.29, 0.717) is 11.8 Å². The van der Waals surface area contributed by atoms with Crippen molar-refractivity contribution in [2.24, 2.45) is 0 Å². The van der Waals surface area contributed by atoms with Crippen LogP contribution in [0.5, 0.6) is 5.75 Å². The van der Waals surface area contributed by atoms with Gasteiger partial charge in [0.05, 0.1) is 0 Å². The van der Waals surface area contributed by atoms with Crippen LogP contribution in [0.4, 0.5) is 0 Å². The van der Waals surface area contributed by atoms with Crippen LogP contribution in [0.1, 0.15) is 49.3 Å². The highest BCUT2D eigenvalue weighted by molar-refractivity contribution is 5.68. The molecule has 0 bridgehead atoms. The third kappa shape index (κ3) is 6.08. The van der Waals surface area contributed by atoms with Crippen LogP contribution < -0.4 is 4.74 Å². The smallest absolute Gasteiger partial charge is 0.341 e. The highest BCUT2D eigenvalue weighted by Gasteiger charge is 2.29. The number of aliphatic carboxylic acids is 1. The molecule has 5 heteroatoms. The maximum atomic E-state index is 10.7. The summed E-state index contributed by atoms with van der Waals surface area (Å²) in [6, 6.07) is 19.8. The molecule has 31 heavy (non-hydrogen) atoms. The van der Waals surface area contributed by atoms with Crippen molar-refractivity contribution in [2.45, 2.75) is 50.6 Å². The zero-order valence-electron chi connectivity index (χ0n) is 18.3. The molecule has 166 valence electrons. The fraction of sp³-hybridized carbons (Fsp3) is 0.500. The average molecular weight is 423 g/mol. The van der Waals surface area contributed by atoms with E-state index in [1.165, 1.54) is 43.2 Å². The number of carboxylic acid groups (broad SMARTS) is 1. The van der Waals surface area contributed by atoms with Gasteiger partial charge in [-0.1, -0.05) is 61.7 Å². The third-order valence-electron chi connectivity index (χ3n) is 6.78. The Kier molecular flexibility index (Phi) is 7.60. The van der Waals surface area contributed by atoms with Gasteiger partial charge in [-0.05, 0) is 42.5 Å². The Morgan fingerprint density at radius 2 is 1.61 bits per heavy atom. The van der Waals surface area contributed by atoms with Gasteiger partial charge in [-0.25, -0.2) is 4.79 Å². The first kappa shape index (κ1) is 21.8. The molecule has 2 fully saturated rings. The predicted octanol–water partition coefficient (Wildman–Crippen LogP) is 4.38. The maximum absolute atomic E-state index is 10.7. The number of hydrogen-bond acceptors (Lipinski definition) is 4. The Balaban J connectivity index is 1.41. The first-order chi connectivity index (χ1) is 15.2. The lowest BCUT2D eigenvalue weighted by Gasteiger charge is -2.43. The van der Waals surface area contributed by atoms with Crippen molar-refractivity contribution in [2.75, 3.05) is 32.8 Å². The highest BCUT2D eigenvalue weighted by atomic mass is 16.5. The van der Waals surface area contributed by atoms with Gasteiger partial charge < -0.3 is 9.84 Å². The van der Waals surface area contributed by atoms with E-state index < -0.39 is 5.97 Å². The fourth-order valence-corrected chi connectivity index (χ4v) is 5.08. The predicted molar refractivity (Wildman–Crippen MR) is 122 cm³/mol. The van der Waals surface area contributed by atoms with E-state index in [4.69, 9.17) is 9.84 Å². The molecule has 0 radical (unpaired) electrons. The molecule has 5 nitrogen and oxygen atoms in total. The van der Waals surface area contributed by atoms with Crippen LogP contribution in [-0.4, -0.2) is 59.7 Å². The number of hydrogen-bond donors (Lipinski definition) is 1. The van der Waals surface area contributed by atoms with Gasteiger partial charge in [0, 0.05) is 38.3 Å². The van der Waals surface area contributed by atoms with Gasteiger partial charge in [-0.3, -0.25) is 9.80 Å². The summed E-state index contributed by atoms with van der Waals surface area (Å²) in [6.07, 6.45) is 7.88. The van der Waals surface area contributed by atoms with Gasteiger partial charge in [0.15, 0.2) is 6.61 Å². The first-order valence-electron chi connectivity index (χ1n) is 11.7. The number of nitrogens with zero attached hydrogens (tertiary/aromatic N) is 2. The quantitative estimate of drug-likeness (QED) is 0.684. The van der Waals surface area contributed by atoms with Crippen LogP contribution in [0, 0.1) is 0 Å². The SMILES string of the molecule is O=C(O)COc1ccc(C[C@H](c2ccccc2)N2CCN(C3CCCCC3)CC2)cc1. The molecule has 2 aromatic carbocycles. The second-order valence-electron chi connectivity index (χ2n) is 8.82. The number of carbonyl (C=O) groups is 1. The molecule has 1 aliphatic carbocycles. The largest absolute Gasteiger partial charge is 0.482 e. The number of benzene rings is 2. The second kappa shape index (κ2) is 10.8. The number of rotatable bonds is 8. The van der Waals surface area contributed by atoms with E-state index in [-0.39, 0.29) is 6.61 Å². The molecule has 1 aliphatic heterocycles. The van der Waals surface area contributed by atoms with E-state index in [9.17, 15) is 4.79 Å². The van der Waals surface area contributed by atoms with Crippen molar-refractivity contribution in [1.29, 1.82) is 0 Å². The number of piperazine rings is 1. The van der Waals surface area contributed by atoms with Crippen LogP contribution in [-0.2, 0) is 11.2 Å². The summed E-state index contributed by atoms with van der Waals surface area (Å²) < 4.78 is 5.28. The van der Waals surface area contributed by atoms with Crippen LogP contribution in [0.3, 0.4) is 0 Å². The number of ether oxygens (including phenoxy) is 1. The fourth-order valence-electron chi connectivity index (χ4n) is 5.08. The van der Waals surface area contributed by atoms with E-state index in [1.807, 2.05) is 12.1 Å². The zero-order chi connectivity index (χ0) is 21.5. The van der Waals surface area contributed by atoms with Crippen molar-refractivity contribution in [3.63, 3.8) is 0 Å². The van der Waals surface area contributed by atoms with Crippen molar-refractivity contribution in [1.82, 2.24) is 9.80 Å². The molecule has 1 heterocycles. The van der Waals surface area contributed by atoms with E-state index in [1.54, 1.807) is 0 Å². The second-order valence-corrected chi connectivity index (χ2v) is 8.82. The summed E-state index contributed by atoms with van der Waals surface area (Å²) in [5.74, 6) is -0.357. The van der Waals surface area contributed by atoms with Crippen molar-refractivity contribution < 1.29 is 14.6 Å². The van der Waals surface area contributed by atoms with Gasteiger partial charge >= 0.3 is 5.97 Å². The van der Waals surface area contributed by atoms with Crippen LogP contribution in [0.15, 0.2) is 54.6 Å². The molecule has 2 aromatic rings. The number of carboxylic acids is 1. The van der Waals surface area contributed by atoms with Crippen molar-refractivity contribution in [3.8, 4) is 5.75 Å². The van der Waals surface area contributed by atoms with E-state index >= 15 is 0 Å². The Labute approximate surface area is 185 Å². The van der Waals surface area contributed by atoms with Crippen molar-refractivity contribution >= 4 is 5.97 Å². The summed E-state index contributed by atoms with van der Waals surface area (Å²) in [5, 5.41) is 8.79. The lowest BCUT2D eigenvalue weighted by molar-refractivity contribution is -0.139. The minimum absolute atomic E-state index is 0.308. The lowest BCUT2D eigenvalue weighted by Crippen LogP contribution is -2.51. The van der Waals surface area contributed by atoms with Gasteiger partial charge in [-0.2, -0.15) is 0 Å². The standard InChI is InChI=1S/C26H34N2O3/c29-26(30)20-31-24-13-11-21(12-14-24)19-25(22-7-3-1-4-8-22)28-17-15-27(16-18-28)23-9-5-2-6-10-23/h1,3-4,7-8,11-14,23,25H,2,5-6,9-10,15-20H2,(H,29,30)/t25-/m1/s1. The van der Waals surface area contributed by atoms with E-state index in [0.717, 1.165) is 38.6 Å². The molecule has 1 N–H and O–H groups in total. The molecular weight excluding hydrogens is 388 g/mol. The zero-order valence-corrected chi connectivity index (χ0v) is 18.3. The monoisotopic (exact) mass is 422 g/mol. The average Bonchev–Trinajstić information content (AvgIpc) is 2.83. The molecule has 2 aliphatic rings. The highest BCUT2D eigenvalue weighted by Crippen LogP contribution is 2.29. The molecule has 1 atom stereocenters. The summed E-state index contributed by atoms with van der Waals surface area (Å²) in [5.41, 5.74) is 2.60. The first-order valence-corrected chi connectivity index (χ1v) is 11.7. The maximum Gasteiger partial charge on any atom is 0.341 e. The van der Waals surface area contributed by atoms with Gasteiger partial charge in [-0.15, -0.1) is 0 Å². The molecule has 0 amide bonds. The molecule has 0 spiro atoms. The van der Waals surface area contributed by atoms with Crippen LogP contribution in [0.25, 0.3) is 0 Å². The summed E-state index contributed by atoms with van der Waals surface area (Å²) >= 11 is 0. The lowest BCUT2D eigenvalue weighted by atomic mass is 9.93. The minimum Gasteiger partial charge on any atom is -0.482 e. The molecule has 4 rings (SSSR count). The topological polar surface area (TPSA) is 53.0 Å². The Morgan fingerprint density at radius 1 is 0.935 bits per heavy atom. The molecule has 0 unspecified atom stereocenters. The molecule has 1 saturated carbocycles. The van der Waals surface area contributed by atoms with Crippen LogP contribution >= 0.6 is 0 Å². The normalized spacial score (nSPS) is 19.7. The molecule has 0 aromatic heterocycles. The third-order valence-corrected chi connectivity index (χ3v) is 6.78. The van der Waals surface area contributed by atoms with Crippen LogP contribution in [0.2, 0.25) is 0 Å². The summed E-state index contributed by atoms with van der Waals surface area (Å²) in [6.45, 7) is 4.23. The molecular formula is C26H34N2O3. The summed E-state index contributed by atoms with van der Waals surface area (Å²) in [7, 11) is 0. The Bertz CT molecular complexity index is 810. The Hall–Kier alpha value is -2.37. The van der Waals surface area contributed by atoms with Crippen molar-refractivity contribution in [3.05, 3.63) is 65.7 Å². The summed E-state index contributed by atoms with van der Waals surface area (Å²) in [4.78, 5) is 16.1. The molecule has 1 saturated heterocycles. The minimum atomic E-state index is -0.958. The van der Waals surface area contributed by atoms with Gasteiger partial charge in [0.25, 0.3) is 0 Å². The Morgan fingerprint density at radius 3 is 2.26 bits per heavy atom. The van der Waals surface area contributed by atoms with Gasteiger partial charge in [0.1, 0.15) is 5.75 Å². The van der Waals surface area contributed by atoms with Gasteiger partial charge in [0.2, 0.25) is 0 Å². The van der Waals surface area contributed by atoms with E-state index in [2.05, 4.69) is 52.3 Å².